The smallest absolute Gasteiger partial charge is 0.263 e. The van der Waals surface area contributed by atoms with Crippen LogP contribution in [0.3, 0.4) is 0 Å². The Labute approximate surface area is 174 Å². The van der Waals surface area contributed by atoms with E-state index in [1.165, 1.54) is 23.0 Å². The summed E-state index contributed by atoms with van der Waals surface area (Å²) in [7, 11) is 0. The van der Waals surface area contributed by atoms with Crippen LogP contribution >= 0.6 is 11.3 Å². The summed E-state index contributed by atoms with van der Waals surface area (Å²) in [5.74, 6) is -0.271. The fourth-order valence-electron chi connectivity index (χ4n) is 4.16. The molecule has 1 aliphatic carbocycles. The van der Waals surface area contributed by atoms with Crippen molar-refractivity contribution in [2.75, 3.05) is 13.2 Å². The molecule has 4 rings (SSSR count). The number of rotatable bonds is 7. The van der Waals surface area contributed by atoms with Crippen molar-refractivity contribution in [3.63, 3.8) is 0 Å². The predicted molar refractivity (Wildman–Crippen MR) is 112 cm³/mol. The second-order valence-corrected chi connectivity index (χ2v) is 8.77. The van der Waals surface area contributed by atoms with Crippen molar-refractivity contribution in [3.8, 4) is 0 Å². The molecule has 29 heavy (non-hydrogen) atoms. The Hall–Kier alpha value is -2.51. The van der Waals surface area contributed by atoms with E-state index >= 15 is 0 Å². The first-order valence-electron chi connectivity index (χ1n) is 9.94. The van der Waals surface area contributed by atoms with E-state index in [2.05, 4.69) is 34.3 Å². The van der Waals surface area contributed by atoms with Gasteiger partial charge in [-0.1, -0.05) is 36.9 Å². The van der Waals surface area contributed by atoms with E-state index in [0.717, 1.165) is 37.3 Å². The number of thiazole rings is 1. The third-order valence-electron chi connectivity index (χ3n) is 5.73. The van der Waals surface area contributed by atoms with Gasteiger partial charge >= 0.3 is 0 Å². The first-order valence-corrected chi connectivity index (χ1v) is 10.8. The number of amides is 2. The summed E-state index contributed by atoms with van der Waals surface area (Å²) in [5, 5.41) is 6.92. The summed E-state index contributed by atoms with van der Waals surface area (Å²) >= 11 is 1.41. The third-order valence-corrected chi connectivity index (χ3v) is 6.82. The molecule has 1 saturated heterocycles. The van der Waals surface area contributed by atoms with E-state index in [1.54, 1.807) is 6.20 Å². The minimum atomic E-state index is -0.181. The summed E-state index contributed by atoms with van der Waals surface area (Å²) in [6.45, 7) is 4.80. The molecule has 2 aromatic rings. The Morgan fingerprint density at radius 2 is 2.10 bits per heavy atom. The number of ether oxygens (including phenoxy) is 1. The number of hydrogen-bond acceptors (Lipinski definition) is 5. The van der Waals surface area contributed by atoms with Gasteiger partial charge in [-0.15, -0.1) is 11.3 Å². The number of nitrogens with one attached hydrogen (secondary N) is 2. The van der Waals surface area contributed by atoms with Crippen LogP contribution in [0.15, 0.2) is 49.2 Å². The van der Waals surface area contributed by atoms with Crippen molar-refractivity contribution < 1.29 is 14.3 Å². The zero-order chi connectivity index (χ0) is 20.3. The largest absolute Gasteiger partial charge is 0.371 e. The van der Waals surface area contributed by atoms with Gasteiger partial charge in [0.25, 0.3) is 5.91 Å². The molecule has 2 heterocycles. The standard InChI is InChI=1S/C22H25N3O3S/c1-2-19(26)24-14-22(15-7-4-3-5-8-15)11-16(12-22)25-20(27)18-13-23-21(29-18)17-9-6-10-28-17/h2-5,7-8,13,16-17H,1,6,9-12,14H2,(H,24,26)(H,25,27). The van der Waals surface area contributed by atoms with Crippen LogP contribution < -0.4 is 10.6 Å². The van der Waals surface area contributed by atoms with Crippen LogP contribution in [0, 0.1) is 0 Å². The molecule has 1 saturated carbocycles. The van der Waals surface area contributed by atoms with Gasteiger partial charge in [0.15, 0.2) is 0 Å². The highest BCUT2D eigenvalue weighted by atomic mass is 32.1. The van der Waals surface area contributed by atoms with E-state index in [-0.39, 0.29) is 29.4 Å². The van der Waals surface area contributed by atoms with E-state index in [1.807, 2.05) is 18.2 Å². The first-order chi connectivity index (χ1) is 14.1. The molecule has 2 amide bonds. The summed E-state index contributed by atoms with van der Waals surface area (Å²) in [5.41, 5.74) is 1.00. The molecular weight excluding hydrogens is 386 g/mol. The highest BCUT2D eigenvalue weighted by Gasteiger charge is 2.46. The van der Waals surface area contributed by atoms with Gasteiger partial charge in [-0.05, 0) is 37.3 Å². The molecule has 2 aliphatic rings. The fraction of sp³-hybridized carbons (Fsp3) is 0.409. The lowest BCUT2D eigenvalue weighted by Gasteiger charge is -2.48. The lowest BCUT2D eigenvalue weighted by Crippen LogP contribution is -2.57. The molecule has 1 aromatic heterocycles. The number of aromatic nitrogens is 1. The van der Waals surface area contributed by atoms with Crippen molar-refractivity contribution in [1.29, 1.82) is 0 Å². The molecule has 0 bridgehead atoms. The van der Waals surface area contributed by atoms with Gasteiger partial charge in [-0.2, -0.15) is 0 Å². The average Bonchev–Trinajstić information content (AvgIpc) is 3.41. The van der Waals surface area contributed by atoms with Gasteiger partial charge in [0.05, 0.1) is 6.20 Å². The number of hydrogen-bond donors (Lipinski definition) is 2. The maximum atomic E-state index is 12.7. The SMILES string of the molecule is C=CC(=O)NCC1(c2ccccc2)CC(NC(=O)c2cnc(C3CCCO3)s2)C1. The molecule has 1 unspecified atom stereocenters. The van der Waals surface area contributed by atoms with Gasteiger partial charge in [0, 0.05) is 24.6 Å². The molecule has 152 valence electrons. The lowest BCUT2D eigenvalue weighted by atomic mass is 9.61. The van der Waals surface area contributed by atoms with E-state index in [9.17, 15) is 9.59 Å². The number of nitrogens with zero attached hydrogens (tertiary/aromatic N) is 1. The lowest BCUT2D eigenvalue weighted by molar-refractivity contribution is -0.117. The molecule has 0 spiro atoms. The summed E-state index contributed by atoms with van der Waals surface area (Å²) < 4.78 is 5.65. The molecular formula is C22H25N3O3S. The van der Waals surface area contributed by atoms with E-state index < -0.39 is 0 Å². The minimum absolute atomic E-state index is 0.0319. The zero-order valence-corrected chi connectivity index (χ0v) is 17.0. The zero-order valence-electron chi connectivity index (χ0n) is 16.2. The molecule has 1 atom stereocenters. The average molecular weight is 412 g/mol. The van der Waals surface area contributed by atoms with Crippen LogP contribution in [-0.2, 0) is 14.9 Å². The minimum Gasteiger partial charge on any atom is -0.371 e. The first kappa shape index (κ1) is 19.8. The molecule has 2 N–H and O–H groups in total. The summed E-state index contributed by atoms with van der Waals surface area (Å²) in [6, 6.07) is 10.2. The highest BCUT2D eigenvalue weighted by molar-refractivity contribution is 7.13. The number of carbonyl (C=O) groups is 2. The maximum absolute atomic E-state index is 12.7. The van der Waals surface area contributed by atoms with Crippen molar-refractivity contribution in [2.24, 2.45) is 0 Å². The summed E-state index contributed by atoms with van der Waals surface area (Å²) in [4.78, 5) is 29.3. The van der Waals surface area contributed by atoms with Crippen LogP contribution in [0.5, 0.6) is 0 Å². The van der Waals surface area contributed by atoms with Crippen LogP contribution in [0.4, 0.5) is 0 Å². The van der Waals surface area contributed by atoms with Crippen LogP contribution in [0.25, 0.3) is 0 Å². The summed E-state index contributed by atoms with van der Waals surface area (Å²) in [6.07, 6.45) is 6.51. The topological polar surface area (TPSA) is 80.3 Å². The molecule has 2 fully saturated rings. The van der Waals surface area contributed by atoms with Crippen LogP contribution in [0.2, 0.25) is 0 Å². The Morgan fingerprint density at radius 1 is 1.31 bits per heavy atom. The Kier molecular flexibility index (Phi) is 5.78. The van der Waals surface area contributed by atoms with Crippen LogP contribution in [0.1, 0.15) is 52.0 Å². The fourth-order valence-corrected chi connectivity index (χ4v) is 5.06. The Balaban J connectivity index is 1.38. The molecule has 7 heteroatoms. The molecule has 6 nitrogen and oxygen atoms in total. The Bertz CT molecular complexity index is 884. The second kappa shape index (κ2) is 8.47. The van der Waals surface area contributed by atoms with E-state index in [0.29, 0.717) is 11.4 Å². The van der Waals surface area contributed by atoms with Crippen LogP contribution in [-0.4, -0.2) is 36.0 Å². The predicted octanol–water partition coefficient (Wildman–Crippen LogP) is 3.13. The van der Waals surface area contributed by atoms with Gasteiger partial charge in [0.2, 0.25) is 5.91 Å². The van der Waals surface area contributed by atoms with Crippen molar-refractivity contribution >= 4 is 23.2 Å². The molecule has 1 aromatic carbocycles. The Morgan fingerprint density at radius 3 is 2.79 bits per heavy atom. The van der Waals surface area contributed by atoms with E-state index in [4.69, 9.17) is 4.74 Å². The number of carbonyl (C=O) groups excluding carboxylic acids is 2. The normalized spacial score (nSPS) is 25.8. The number of benzene rings is 1. The maximum Gasteiger partial charge on any atom is 0.263 e. The molecule has 0 radical (unpaired) electrons. The van der Waals surface area contributed by atoms with Crippen molar-refractivity contribution in [1.82, 2.24) is 15.6 Å². The highest BCUT2D eigenvalue weighted by Crippen LogP contribution is 2.43. The van der Waals surface area contributed by atoms with Gasteiger partial charge in [-0.25, -0.2) is 4.98 Å². The quantitative estimate of drug-likeness (QED) is 0.686. The van der Waals surface area contributed by atoms with Gasteiger partial charge in [0.1, 0.15) is 16.0 Å². The van der Waals surface area contributed by atoms with Crippen molar-refractivity contribution in [3.05, 3.63) is 64.6 Å². The van der Waals surface area contributed by atoms with Crippen molar-refractivity contribution in [2.45, 2.75) is 43.2 Å². The third kappa shape index (κ3) is 4.26. The van der Waals surface area contributed by atoms with Gasteiger partial charge in [-0.3, -0.25) is 9.59 Å². The second-order valence-electron chi connectivity index (χ2n) is 7.71. The monoisotopic (exact) mass is 411 g/mol. The van der Waals surface area contributed by atoms with Gasteiger partial charge < -0.3 is 15.4 Å². The molecule has 1 aliphatic heterocycles.